The molecule has 0 fully saturated rings. The summed E-state index contributed by atoms with van der Waals surface area (Å²) in [6.07, 6.45) is 0. The maximum atomic E-state index is 13.0. The van der Waals surface area contributed by atoms with Crippen LogP contribution in [0.5, 0.6) is 11.5 Å². The highest BCUT2D eigenvalue weighted by Gasteiger charge is 2.52. The van der Waals surface area contributed by atoms with Gasteiger partial charge in [-0.25, -0.2) is 0 Å². The maximum Gasteiger partial charge on any atom is 0.283 e. The summed E-state index contributed by atoms with van der Waals surface area (Å²) in [5, 5.41) is 20.3. The fourth-order valence-corrected chi connectivity index (χ4v) is 5.66. The van der Waals surface area contributed by atoms with Gasteiger partial charge in [0.05, 0.1) is 10.0 Å². The fourth-order valence-electron chi connectivity index (χ4n) is 3.23. The second kappa shape index (κ2) is 7.87. The number of aromatic hydroxyl groups is 2. The molecular formula is C19H12Cl4O5S. The van der Waals surface area contributed by atoms with Gasteiger partial charge in [-0.15, -0.1) is 0 Å². The van der Waals surface area contributed by atoms with Crippen LogP contribution in [0.3, 0.4) is 0 Å². The first-order chi connectivity index (χ1) is 13.5. The van der Waals surface area contributed by atoms with Crippen molar-refractivity contribution in [1.29, 1.82) is 0 Å². The van der Waals surface area contributed by atoms with E-state index in [1.165, 1.54) is 42.5 Å². The van der Waals surface area contributed by atoms with Crippen molar-refractivity contribution in [2.24, 2.45) is 0 Å². The predicted octanol–water partition coefficient (Wildman–Crippen LogP) is 5.89. The van der Waals surface area contributed by atoms with Gasteiger partial charge in [-0.2, -0.15) is 8.42 Å². The largest absolute Gasteiger partial charge is 0.508 e. The number of phenols is 2. The highest BCUT2D eigenvalue weighted by atomic mass is 35.5. The third-order valence-electron chi connectivity index (χ3n) is 4.37. The van der Waals surface area contributed by atoms with Gasteiger partial charge in [0.2, 0.25) is 0 Å². The van der Waals surface area contributed by atoms with E-state index in [1.54, 1.807) is 0 Å². The van der Waals surface area contributed by atoms with E-state index in [0.29, 0.717) is 0 Å². The van der Waals surface area contributed by atoms with Crippen LogP contribution in [-0.4, -0.2) is 23.2 Å². The third-order valence-corrected chi connectivity index (χ3v) is 7.16. The fraction of sp³-hybridized carbons (Fsp3) is 0.0526. The van der Waals surface area contributed by atoms with Crippen LogP contribution in [0.25, 0.3) is 0 Å². The van der Waals surface area contributed by atoms with Gasteiger partial charge in [0, 0.05) is 21.2 Å². The van der Waals surface area contributed by atoms with E-state index in [0.717, 1.165) is 12.1 Å². The smallest absolute Gasteiger partial charge is 0.283 e. The Bertz CT molecular complexity index is 1210. The average Bonchev–Trinajstić information content (AvgIpc) is 2.62. The van der Waals surface area contributed by atoms with Crippen molar-refractivity contribution in [2.75, 3.05) is 0 Å². The second-order valence-electron chi connectivity index (χ2n) is 6.09. The molecule has 0 spiro atoms. The Balaban J connectivity index is 2.65. The first-order valence-corrected chi connectivity index (χ1v) is 10.8. The van der Waals surface area contributed by atoms with Crippen molar-refractivity contribution < 1.29 is 23.2 Å². The highest BCUT2D eigenvalue weighted by molar-refractivity contribution is 7.87. The van der Waals surface area contributed by atoms with Gasteiger partial charge in [-0.05, 0) is 42.0 Å². The summed E-state index contributed by atoms with van der Waals surface area (Å²) in [4.78, 5) is 0. The van der Waals surface area contributed by atoms with Crippen molar-refractivity contribution in [3.63, 3.8) is 0 Å². The van der Waals surface area contributed by atoms with Crippen LogP contribution < -0.4 is 0 Å². The van der Waals surface area contributed by atoms with Crippen molar-refractivity contribution in [3.8, 4) is 11.5 Å². The Morgan fingerprint density at radius 1 is 0.828 bits per heavy atom. The minimum Gasteiger partial charge on any atom is -0.508 e. The molecule has 3 aromatic carbocycles. The zero-order valence-electron chi connectivity index (χ0n) is 14.3. The first kappa shape index (κ1) is 22.0. The second-order valence-corrected chi connectivity index (χ2v) is 9.28. The molecule has 3 rings (SSSR count). The van der Waals surface area contributed by atoms with Gasteiger partial charge in [0.15, 0.2) is 4.75 Å². The summed E-state index contributed by atoms with van der Waals surface area (Å²) in [5.41, 5.74) is -0.719. The van der Waals surface area contributed by atoms with Crippen molar-refractivity contribution in [2.45, 2.75) is 4.75 Å². The summed E-state index contributed by atoms with van der Waals surface area (Å²) < 4.78 is 33.9. The molecule has 3 aromatic rings. The number of phenolic OH excluding ortho intramolecular Hbond substituents is 2. The summed E-state index contributed by atoms with van der Waals surface area (Å²) in [5.74, 6) is -0.844. The molecule has 0 saturated heterocycles. The number of halogens is 4. The lowest BCUT2D eigenvalue weighted by Crippen LogP contribution is -2.39. The van der Waals surface area contributed by atoms with Crippen molar-refractivity contribution in [1.82, 2.24) is 0 Å². The van der Waals surface area contributed by atoms with Crippen LogP contribution >= 0.6 is 46.4 Å². The first-order valence-electron chi connectivity index (χ1n) is 7.89. The monoisotopic (exact) mass is 492 g/mol. The van der Waals surface area contributed by atoms with Gasteiger partial charge in [0.1, 0.15) is 11.5 Å². The molecule has 10 heteroatoms. The van der Waals surface area contributed by atoms with Gasteiger partial charge in [0.25, 0.3) is 10.1 Å². The summed E-state index contributed by atoms with van der Waals surface area (Å²) in [6, 6.07) is 11.4. The van der Waals surface area contributed by atoms with Crippen LogP contribution in [0.15, 0.2) is 54.6 Å². The zero-order valence-corrected chi connectivity index (χ0v) is 18.1. The minimum atomic E-state index is -5.14. The molecule has 152 valence electrons. The molecule has 0 saturated carbocycles. The van der Waals surface area contributed by atoms with Crippen molar-refractivity contribution >= 4 is 56.5 Å². The minimum absolute atomic E-state index is 0.0345. The zero-order chi connectivity index (χ0) is 21.6. The third kappa shape index (κ3) is 3.65. The molecule has 1 unspecified atom stereocenters. The van der Waals surface area contributed by atoms with Gasteiger partial charge < -0.3 is 10.2 Å². The van der Waals surface area contributed by atoms with E-state index in [-0.39, 0.29) is 42.5 Å². The molecule has 29 heavy (non-hydrogen) atoms. The van der Waals surface area contributed by atoms with Crippen molar-refractivity contribution in [3.05, 3.63) is 91.4 Å². The predicted molar refractivity (Wildman–Crippen MR) is 114 cm³/mol. The SMILES string of the molecule is O=S(=O)(O)C(c1cccc(O)c1)(c1ccc(Cl)cc1O)c1c(Cl)ccc(Cl)c1Cl. The Morgan fingerprint density at radius 2 is 1.48 bits per heavy atom. The standard InChI is InChI=1S/C19H12Cl4O5S/c20-11-4-5-13(16(25)9-11)19(29(26,27)28,10-2-1-3-12(24)8-10)17-14(21)6-7-15(22)18(17)23/h1-9,24-25H,(H,26,27,28). The normalized spacial score (nSPS) is 13.8. The molecule has 0 radical (unpaired) electrons. The molecule has 5 nitrogen and oxygen atoms in total. The topological polar surface area (TPSA) is 94.8 Å². The Labute approximate surface area is 186 Å². The molecule has 0 aromatic heterocycles. The van der Waals surface area contributed by atoms with Crippen LogP contribution in [-0.2, 0) is 14.9 Å². The average molecular weight is 494 g/mol. The number of benzene rings is 3. The van der Waals surface area contributed by atoms with Gasteiger partial charge in [-0.1, -0.05) is 64.6 Å². The van der Waals surface area contributed by atoms with E-state index < -0.39 is 20.6 Å². The molecule has 0 aliphatic heterocycles. The number of hydrogen-bond donors (Lipinski definition) is 3. The Kier molecular flexibility index (Phi) is 5.98. The summed E-state index contributed by atoms with van der Waals surface area (Å²) >= 11 is 24.7. The molecular weight excluding hydrogens is 482 g/mol. The summed E-state index contributed by atoms with van der Waals surface area (Å²) in [7, 11) is -5.14. The van der Waals surface area contributed by atoms with E-state index in [1.807, 2.05) is 0 Å². The highest BCUT2D eigenvalue weighted by Crippen LogP contribution is 2.53. The maximum absolute atomic E-state index is 13.0. The van der Waals surface area contributed by atoms with Crippen LogP contribution in [0.4, 0.5) is 0 Å². The number of hydrogen-bond acceptors (Lipinski definition) is 4. The van der Waals surface area contributed by atoms with Crippen LogP contribution in [0, 0.1) is 0 Å². The lowest BCUT2D eigenvalue weighted by Gasteiger charge is -2.34. The Hall–Kier alpha value is -1.67. The molecule has 0 aliphatic rings. The van der Waals surface area contributed by atoms with E-state index in [4.69, 9.17) is 46.4 Å². The lowest BCUT2D eigenvalue weighted by atomic mass is 9.83. The van der Waals surface area contributed by atoms with E-state index in [2.05, 4.69) is 0 Å². The summed E-state index contributed by atoms with van der Waals surface area (Å²) in [6.45, 7) is 0. The molecule has 0 heterocycles. The molecule has 0 amide bonds. The molecule has 3 N–H and O–H groups in total. The molecule has 1 atom stereocenters. The van der Waals surface area contributed by atoms with Crippen LogP contribution in [0.2, 0.25) is 20.1 Å². The van der Waals surface area contributed by atoms with E-state index in [9.17, 15) is 23.2 Å². The Morgan fingerprint density at radius 3 is 2.07 bits per heavy atom. The molecule has 0 bridgehead atoms. The quantitative estimate of drug-likeness (QED) is 0.239. The lowest BCUT2D eigenvalue weighted by molar-refractivity contribution is 0.439. The van der Waals surface area contributed by atoms with Gasteiger partial charge >= 0.3 is 0 Å². The van der Waals surface area contributed by atoms with Crippen LogP contribution in [0.1, 0.15) is 16.7 Å². The molecule has 0 aliphatic carbocycles. The van der Waals surface area contributed by atoms with Gasteiger partial charge in [-0.3, -0.25) is 4.55 Å². The number of rotatable bonds is 4. The van der Waals surface area contributed by atoms with E-state index >= 15 is 0 Å².